The Morgan fingerprint density at radius 3 is 2.72 bits per heavy atom. The lowest BCUT2D eigenvalue weighted by Gasteiger charge is -2.08. The molecule has 1 aromatic carbocycles. The van der Waals surface area contributed by atoms with Gasteiger partial charge in [0, 0.05) is 12.3 Å². The highest BCUT2D eigenvalue weighted by atomic mass is 79.9. The zero-order valence-electron chi connectivity index (χ0n) is 8.93. The van der Waals surface area contributed by atoms with E-state index in [2.05, 4.69) is 20.9 Å². The first-order chi connectivity index (χ1) is 8.56. The monoisotopic (exact) mass is 327 g/mol. The van der Waals surface area contributed by atoms with E-state index in [1.165, 1.54) is 24.5 Å². The topological polar surface area (TPSA) is 59.4 Å². The van der Waals surface area contributed by atoms with E-state index in [-0.39, 0.29) is 5.56 Å². The Kier molecular flexibility index (Phi) is 3.84. The van der Waals surface area contributed by atoms with Gasteiger partial charge in [0.25, 0.3) is 0 Å². The molecule has 0 saturated carbocycles. The Bertz CT molecular complexity index is 604. The van der Waals surface area contributed by atoms with Crippen LogP contribution in [0.1, 0.15) is 10.4 Å². The third kappa shape index (κ3) is 3.00. The van der Waals surface area contributed by atoms with Crippen molar-refractivity contribution in [3.8, 4) is 11.5 Å². The fraction of sp³-hybridized carbons (Fsp3) is 0. The number of carboxylic acid groups (broad SMARTS) is 1. The molecule has 1 N–H and O–H groups in total. The van der Waals surface area contributed by atoms with E-state index in [9.17, 15) is 4.79 Å². The van der Waals surface area contributed by atoms with Crippen LogP contribution in [-0.2, 0) is 0 Å². The predicted molar refractivity (Wildman–Crippen MR) is 70.4 cm³/mol. The van der Waals surface area contributed by atoms with Crippen molar-refractivity contribution in [1.29, 1.82) is 0 Å². The van der Waals surface area contributed by atoms with Crippen LogP contribution in [0.3, 0.4) is 0 Å². The molecule has 6 heteroatoms. The maximum Gasteiger partial charge on any atom is 0.335 e. The van der Waals surface area contributed by atoms with Crippen LogP contribution in [0, 0.1) is 0 Å². The van der Waals surface area contributed by atoms with Gasteiger partial charge in [-0.05, 0) is 34.1 Å². The Morgan fingerprint density at radius 2 is 2.11 bits per heavy atom. The minimum absolute atomic E-state index is 0.179. The zero-order chi connectivity index (χ0) is 13.1. The third-order valence-electron chi connectivity index (χ3n) is 2.09. The van der Waals surface area contributed by atoms with Crippen LogP contribution in [0.4, 0.5) is 0 Å². The Hall–Kier alpha value is -1.59. The number of halogens is 2. The molecule has 1 aromatic heterocycles. The van der Waals surface area contributed by atoms with Gasteiger partial charge >= 0.3 is 5.97 Å². The number of nitrogens with zero attached hydrogens (tertiary/aromatic N) is 1. The van der Waals surface area contributed by atoms with Crippen LogP contribution in [0.25, 0.3) is 0 Å². The van der Waals surface area contributed by atoms with Gasteiger partial charge in [-0.25, -0.2) is 4.79 Å². The number of rotatable bonds is 3. The summed E-state index contributed by atoms with van der Waals surface area (Å²) < 4.78 is 6.08. The molecular formula is C12H7BrClNO3. The lowest BCUT2D eigenvalue weighted by atomic mass is 10.2. The molecule has 4 nitrogen and oxygen atoms in total. The summed E-state index contributed by atoms with van der Waals surface area (Å²) in [6, 6.07) is 6.11. The summed E-state index contributed by atoms with van der Waals surface area (Å²) in [5.41, 5.74) is 0.179. The summed E-state index contributed by atoms with van der Waals surface area (Å²) in [5.74, 6) is -0.0259. The summed E-state index contributed by atoms with van der Waals surface area (Å²) >= 11 is 9.04. The van der Waals surface area contributed by atoms with Crippen molar-refractivity contribution < 1.29 is 14.6 Å². The van der Waals surface area contributed by atoms with Gasteiger partial charge in [-0.3, -0.25) is 4.98 Å². The van der Waals surface area contributed by atoms with Crippen LogP contribution in [0.5, 0.6) is 11.5 Å². The minimum Gasteiger partial charge on any atom is -0.478 e. The molecule has 0 unspecified atom stereocenters. The minimum atomic E-state index is -0.994. The Balaban J connectivity index is 2.27. The summed E-state index contributed by atoms with van der Waals surface area (Å²) in [5, 5.41) is 9.30. The molecule has 2 aromatic rings. The van der Waals surface area contributed by atoms with Crippen molar-refractivity contribution in [3.63, 3.8) is 0 Å². The van der Waals surface area contributed by atoms with Crippen LogP contribution in [0.2, 0.25) is 5.02 Å². The molecule has 2 rings (SSSR count). The molecule has 92 valence electrons. The van der Waals surface area contributed by atoms with Gasteiger partial charge in [-0.1, -0.05) is 11.6 Å². The molecule has 0 saturated heterocycles. The Morgan fingerprint density at radius 1 is 1.33 bits per heavy atom. The van der Waals surface area contributed by atoms with Crippen molar-refractivity contribution in [2.45, 2.75) is 0 Å². The van der Waals surface area contributed by atoms with E-state index in [1.807, 2.05) is 0 Å². The van der Waals surface area contributed by atoms with E-state index < -0.39 is 5.97 Å². The molecule has 0 radical (unpaired) electrons. The predicted octanol–water partition coefficient (Wildman–Crippen LogP) is 3.99. The smallest absolute Gasteiger partial charge is 0.335 e. The molecule has 0 spiro atoms. The van der Waals surface area contributed by atoms with Gasteiger partial charge < -0.3 is 9.84 Å². The van der Waals surface area contributed by atoms with Gasteiger partial charge in [0.15, 0.2) is 0 Å². The molecule has 0 bridgehead atoms. The highest BCUT2D eigenvalue weighted by Gasteiger charge is 2.08. The third-order valence-corrected chi connectivity index (χ3v) is 2.91. The van der Waals surface area contributed by atoms with Crippen LogP contribution >= 0.6 is 27.5 Å². The van der Waals surface area contributed by atoms with Gasteiger partial charge in [-0.15, -0.1) is 0 Å². The fourth-order valence-electron chi connectivity index (χ4n) is 1.29. The second kappa shape index (κ2) is 5.37. The molecule has 0 atom stereocenters. The number of benzene rings is 1. The first-order valence-electron chi connectivity index (χ1n) is 4.87. The maximum atomic E-state index is 10.8. The van der Waals surface area contributed by atoms with Crippen LogP contribution in [-0.4, -0.2) is 16.1 Å². The van der Waals surface area contributed by atoms with Crippen molar-refractivity contribution in [1.82, 2.24) is 4.98 Å². The van der Waals surface area contributed by atoms with E-state index in [1.54, 1.807) is 12.1 Å². The number of hydrogen-bond acceptors (Lipinski definition) is 3. The summed E-state index contributed by atoms with van der Waals surface area (Å²) in [4.78, 5) is 14.7. The molecule has 0 amide bonds. The standard InChI is InChI=1S/C12H7BrClNO3/c13-10-3-7(12(16)17)1-2-11(10)18-9-4-8(14)5-15-6-9/h1-6H,(H,16,17). The summed E-state index contributed by atoms with van der Waals surface area (Å²) in [7, 11) is 0. The lowest BCUT2D eigenvalue weighted by molar-refractivity contribution is 0.0697. The number of pyridine rings is 1. The average molecular weight is 329 g/mol. The van der Waals surface area contributed by atoms with Gasteiger partial charge in [0.1, 0.15) is 11.5 Å². The number of carbonyl (C=O) groups is 1. The van der Waals surface area contributed by atoms with E-state index in [0.29, 0.717) is 21.0 Å². The normalized spacial score (nSPS) is 10.1. The number of carboxylic acids is 1. The number of aromatic carboxylic acids is 1. The highest BCUT2D eigenvalue weighted by molar-refractivity contribution is 9.10. The van der Waals surface area contributed by atoms with Crippen molar-refractivity contribution >= 4 is 33.5 Å². The molecule has 0 fully saturated rings. The molecule has 0 aliphatic rings. The number of hydrogen-bond donors (Lipinski definition) is 1. The van der Waals surface area contributed by atoms with Crippen molar-refractivity contribution in [3.05, 3.63) is 51.7 Å². The van der Waals surface area contributed by atoms with E-state index in [4.69, 9.17) is 21.4 Å². The fourth-order valence-corrected chi connectivity index (χ4v) is 1.92. The van der Waals surface area contributed by atoms with Crippen molar-refractivity contribution in [2.75, 3.05) is 0 Å². The van der Waals surface area contributed by atoms with Crippen molar-refractivity contribution in [2.24, 2.45) is 0 Å². The quantitative estimate of drug-likeness (QED) is 0.925. The van der Waals surface area contributed by atoms with Gasteiger partial charge in [0.2, 0.25) is 0 Å². The molecule has 0 aliphatic heterocycles. The van der Waals surface area contributed by atoms with Gasteiger partial charge in [0.05, 0.1) is 21.3 Å². The summed E-state index contributed by atoms with van der Waals surface area (Å²) in [6.45, 7) is 0. The SMILES string of the molecule is O=C(O)c1ccc(Oc2cncc(Cl)c2)c(Br)c1. The largest absolute Gasteiger partial charge is 0.478 e. The first kappa shape index (κ1) is 12.9. The Labute approximate surface area is 116 Å². The molecule has 0 aliphatic carbocycles. The second-order valence-corrected chi connectivity index (χ2v) is 4.68. The molecular weight excluding hydrogens is 321 g/mol. The number of aromatic nitrogens is 1. The summed E-state index contributed by atoms with van der Waals surface area (Å²) in [6.07, 6.45) is 3.01. The maximum absolute atomic E-state index is 10.8. The van der Waals surface area contributed by atoms with Crippen LogP contribution in [0.15, 0.2) is 41.1 Å². The first-order valence-corrected chi connectivity index (χ1v) is 6.04. The van der Waals surface area contributed by atoms with E-state index >= 15 is 0 Å². The van der Waals surface area contributed by atoms with E-state index in [0.717, 1.165) is 0 Å². The number of ether oxygens (including phenoxy) is 1. The molecule has 18 heavy (non-hydrogen) atoms. The zero-order valence-corrected chi connectivity index (χ0v) is 11.3. The van der Waals surface area contributed by atoms with Gasteiger partial charge in [-0.2, -0.15) is 0 Å². The average Bonchev–Trinajstić information content (AvgIpc) is 2.31. The second-order valence-electron chi connectivity index (χ2n) is 3.39. The molecule has 1 heterocycles. The highest BCUT2D eigenvalue weighted by Crippen LogP contribution is 2.31. The lowest BCUT2D eigenvalue weighted by Crippen LogP contribution is -1.96. The van der Waals surface area contributed by atoms with Crippen LogP contribution < -0.4 is 4.74 Å².